The van der Waals surface area contributed by atoms with E-state index in [9.17, 15) is 9.59 Å². The van der Waals surface area contributed by atoms with Gasteiger partial charge in [0.2, 0.25) is 0 Å². The molecule has 4 rings (SSSR count). The van der Waals surface area contributed by atoms with Gasteiger partial charge in [-0.15, -0.1) is 0 Å². The normalized spacial score (nSPS) is 40.4. The van der Waals surface area contributed by atoms with E-state index in [2.05, 4.69) is 5.32 Å². The molecule has 0 aromatic carbocycles. The molecular formula is C18H28N2O2. The van der Waals surface area contributed by atoms with Crippen LogP contribution in [-0.4, -0.2) is 35.3 Å². The quantitative estimate of drug-likeness (QED) is 0.757. The summed E-state index contributed by atoms with van der Waals surface area (Å²) in [5, 5.41) is 3.07. The van der Waals surface area contributed by atoms with Gasteiger partial charge in [-0.1, -0.05) is 19.3 Å². The predicted molar refractivity (Wildman–Crippen MR) is 84.1 cm³/mol. The molecule has 1 N–H and O–H groups in total. The van der Waals surface area contributed by atoms with Gasteiger partial charge in [-0.25, -0.2) is 0 Å². The molecule has 2 amide bonds. The number of hydrogen-bond acceptors (Lipinski definition) is 2. The topological polar surface area (TPSA) is 49.4 Å². The highest BCUT2D eigenvalue weighted by molar-refractivity contribution is 6.35. The van der Waals surface area contributed by atoms with E-state index in [0.29, 0.717) is 17.9 Å². The number of rotatable bonds is 1. The van der Waals surface area contributed by atoms with E-state index in [4.69, 9.17) is 0 Å². The van der Waals surface area contributed by atoms with Crippen LogP contribution in [0.2, 0.25) is 0 Å². The maximum absolute atomic E-state index is 12.7. The summed E-state index contributed by atoms with van der Waals surface area (Å²) < 4.78 is 0. The molecule has 0 aromatic rings. The average Bonchev–Trinajstić information content (AvgIpc) is 3.16. The number of nitrogens with zero attached hydrogens (tertiary/aromatic N) is 1. The van der Waals surface area contributed by atoms with Crippen LogP contribution in [0, 0.1) is 17.8 Å². The summed E-state index contributed by atoms with van der Waals surface area (Å²) >= 11 is 0. The lowest BCUT2D eigenvalue weighted by Gasteiger charge is -2.43. The lowest BCUT2D eigenvalue weighted by Crippen LogP contribution is -2.55. The van der Waals surface area contributed by atoms with E-state index >= 15 is 0 Å². The summed E-state index contributed by atoms with van der Waals surface area (Å²) in [7, 11) is 0. The Kier molecular flexibility index (Phi) is 3.87. The summed E-state index contributed by atoms with van der Waals surface area (Å²) in [5.41, 5.74) is 0. The van der Waals surface area contributed by atoms with Crippen molar-refractivity contribution in [1.82, 2.24) is 10.2 Å². The molecule has 5 atom stereocenters. The summed E-state index contributed by atoms with van der Waals surface area (Å²) in [6.45, 7) is 0.782. The summed E-state index contributed by atoms with van der Waals surface area (Å²) in [6, 6.07) is 0.600. The van der Waals surface area contributed by atoms with E-state index < -0.39 is 0 Å². The zero-order valence-electron chi connectivity index (χ0n) is 13.4. The first-order valence-electron chi connectivity index (χ1n) is 9.34. The highest BCUT2D eigenvalue weighted by atomic mass is 16.2. The van der Waals surface area contributed by atoms with Crippen molar-refractivity contribution in [2.45, 2.75) is 76.3 Å². The Bertz CT molecular complexity index is 462. The van der Waals surface area contributed by atoms with Gasteiger partial charge in [0.25, 0.3) is 0 Å². The molecule has 4 nitrogen and oxygen atoms in total. The first-order valence-corrected chi connectivity index (χ1v) is 9.34. The van der Waals surface area contributed by atoms with Crippen molar-refractivity contribution in [3.8, 4) is 0 Å². The van der Waals surface area contributed by atoms with E-state index in [0.717, 1.165) is 31.7 Å². The van der Waals surface area contributed by atoms with Crippen LogP contribution in [-0.2, 0) is 9.59 Å². The van der Waals surface area contributed by atoms with Crippen LogP contribution < -0.4 is 5.32 Å². The fourth-order valence-corrected chi connectivity index (χ4v) is 5.66. The van der Waals surface area contributed by atoms with Crippen molar-refractivity contribution < 1.29 is 9.59 Å². The molecule has 1 saturated heterocycles. The highest BCUT2D eigenvalue weighted by Crippen LogP contribution is 2.44. The molecule has 2 bridgehead atoms. The predicted octanol–water partition coefficient (Wildman–Crippen LogP) is 2.47. The Morgan fingerprint density at radius 2 is 1.68 bits per heavy atom. The van der Waals surface area contributed by atoms with E-state index in [1.807, 2.05) is 4.90 Å². The Morgan fingerprint density at radius 3 is 2.45 bits per heavy atom. The number of fused-ring (bicyclic) bond motifs is 3. The largest absolute Gasteiger partial charge is 0.345 e. The average molecular weight is 304 g/mol. The molecule has 1 aliphatic heterocycles. The van der Waals surface area contributed by atoms with Gasteiger partial charge < -0.3 is 10.2 Å². The van der Waals surface area contributed by atoms with E-state index in [-0.39, 0.29) is 17.9 Å². The number of amides is 2. The molecule has 3 saturated carbocycles. The molecule has 3 aliphatic carbocycles. The minimum atomic E-state index is -0.330. The van der Waals surface area contributed by atoms with Crippen LogP contribution >= 0.6 is 0 Å². The van der Waals surface area contributed by atoms with Gasteiger partial charge in [-0.3, -0.25) is 9.59 Å². The van der Waals surface area contributed by atoms with Crippen LogP contribution in [0.25, 0.3) is 0 Å². The minimum absolute atomic E-state index is 0.251. The molecule has 1 heterocycles. The van der Waals surface area contributed by atoms with Crippen molar-refractivity contribution in [2.24, 2.45) is 17.8 Å². The van der Waals surface area contributed by atoms with E-state index in [1.165, 1.54) is 44.9 Å². The number of likely N-dealkylation sites (tertiary alicyclic amines) is 1. The third-order valence-electron chi connectivity index (χ3n) is 6.75. The lowest BCUT2D eigenvalue weighted by molar-refractivity contribution is -0.150. The molecule has 0 aromatic heterocycles. The first kappa shape index (κ1) is 14.5. The van der Waals surface area contributed by atoms with Crippen molar-refractivity contribution in [1.29, 1.82) is 0 Å². The van der Waals surface area contributed by atoms with E-state index in [1.54, 1.807) is 0 Å². The molecule has 0 spiro atoms. The Morgan fingerprint density at radius 1 is 0.864 bits per heavy atom. The Balaban J connectivity index is 1.38. The molecule has 0 radical (unpaired) electrons. The number of piperidine rings is 1. The number of hydrogen-bond donors (Lipinski definition) is 1. The van der Waals surface area contributed by atoms with Crippen molar-refractivity contribution in [3.05, 3.63) is 0 Å². The first-order chi connectivity index (χ1) is 10.7. The van der Waals surface area contributed by atoms with Gasteiger partial charge in [-0.05, 0) is 62.7 Å². The summed E-state index contributed by atoms with van der Waals surface area (Å²) in [4.78, 5) is 27.0. The Hall–Kier alpha value is -1.06. The number of carbonyl (C=O) groups is 2. The molecular weight excluding hydrogens is 276 g/mol. The van der Waals surface area contributed by atoms with Crippen LogP contribution in [0.1, 0.15) is 64.2 Å². The van der Waals surface area contributed by atoms with Crippen LogP contribution in [0.3, 0.4) is 0 Å². The lowest BCUT2D eigenvalue weighted by atomic mass is 9.78. The maximum atomic E-state index is 12.7. The van der Waals surface area contributed by atoms with Crippen LogP contribution in [0.5, 0.6) is 0 Å². The third kappa shape index (κ3) is 2.55. The SMILES string of the molecule is O=C(NC1CC2CCC1C2)C(=O)N1CCCC2CCCCC21. The third-order valence-corrected chi connectivity index (χ3v) is 6.75. The Labute approximate surface area is 133 Å². The molecule has 22 heavy (non-hydrogen) atoms. The number of nitrogens with one attached hydrogen (secondary N) is 1. The van der Waals surface area contributed by atoms with Gasteiger partial charge in [0.15, 0.2) is 0 Å². The van der Waals surface area contributed by atoms with Crippen molar-refractivity contribution in [2.75, 3.05) is 6.54 Å². The number of carbonyl (C=O) groups excluding carboxylic acids is 2. The zero-order valence-corrected chi connectivity index (χ0v) is 13.4. The second kappa shape index (κ2) is 5.86. The highest BCUT2D eigenvalue weighted by Gasteiger charge is 2.42. The van der Waals surface area contributed by atoms with Gasteiger partial charge in [0.1, 0.15) is 0 Å². The molecule has 5 unspecified atom stereocenters. The monoisotopic (exact) mass is 304 g/mol. The molecule has 4 heteroatoms. The minimum Gasteiger partial charge on any atom is -0.345 e. The fourth-order valence-electron chi connectivity index (χ4n) is 5.66. The van der Waals surface area contributed by atoms with Crippen LogP contribution in [0.4, 0.5) is 0 Å². The fraction of sp³-hybridized carbons (Fsp3) is 0.889. The van der Waals surface area contributed by atoms with Crippen LogP contribution in [0.15, 0.2) is 0 Å². The summed E-state index contributed by atoms with van der Waals surface area (Å²) in [6.07, 6.45) is 12.0. The zero-order chi connectivity index (χ0) is 15.1. The standard InChI is InChI=1S/C18H28N2O2/c21-17(19-15-11-12-7-8-14(15)10-12)18(22)20-9-3-5-13-4-1-2-6-16(13)20/h12-16H,1-11H2,(H,19,21). The molecule has 4 fully saturated rings. The maximum Gasteiger partial charge on any atom is 0.312 e. The smallest absolute Gasteiger partial charge is 0.312 e. The second-order valence-corrected chi connectivity index (χ2v) is 8.01. The van der Waals surface area contributed by atoms with Gasteiger partial charge in [0.05, 0.1) is 0 Å². The van der Waals surface area contributed by atoms with Gasteiger partial charge in [-0.2, -0.15) is 0 Å². The second-order valence-electron chi connectivity index (χ2n) is 8.01. The van der Waals surface area contributed by atoms with Crippen molar-refractivity contribution >= 4 is 11.8 Å². The summed E-state index contributed by atoms with van der Waals surface area (Å²) in [5.74, 6) is 1.48. The molecule has 122 valence electrons. The molecule has 4 aliphatic rings. The van der Waals surface area contributed by atoms with Crippen molar-refractivity contribution in [3.63, 3.8) is 0 Å². The van der Waals surface area contributed by atoms with Gasteiger partial charge in [0, 0.05) is 18.6 Å². The van der Waals surface area contributed by atoms with Gasteiger partial charge >= 0.3 is 11.8 Å².